The first-order valence-electron chi connectivity index (χ1n) is 11.2. The molecule has 4 rings (SSSR count). The Morgan fingerprint density at radius 2 is 1.89 bits per heavy atom. The summed E-state index contributed by atoms with van der Waals surface area (Å²) in [5, 5.41) is 11.4. The topological polar surface area (TPSA) is 115 Å². The summed E-state index contributed by atoms with van der Waals surface area (Å²) in [6.07, 6.45) is 1.59. The van der Waals surface area contributed by atoms with Gasteiger partial charge in [0.05, 0.1) is 31.5 Å². The molecular weight excluding hydrogens is 496 g/mol. The number of hydrogen-bond donors (Lipinski definition) is 1. The second-order valence-electron chi connectivity index (χ2n) is 7.97. The molecule has 0 spiro atoms. The van der Waals surface area contributed by atoms with Crippen molar-refractivity contribution in [2.45, 2.75) is 13.0 Å². The fourth-order valence-corrected chi connectivity index (χ4v) is 4.96. The fraction of sp³-hybridized carbons (Fsp3) is 0.185. The van der Waals surface area contributed by atoms with Crippen LogP contribution in [0.5, 0.6) is 11.5 Å². The van der Waals surface area contributed by atoms with E-state index >= 15 is 0 Å². The molecule has 2 aromatic carbocycles. The molecule has 37 heavy (non-hydrogen) atoms. The van der Waals surface area contributed by atoms with Crippen LogP contribution in [-0.2, 0) is 14.3 Å². The van der Waals surface area contributed by atoms with Gasteiger partial charge < -0.3 is 19.3 Å². The van der Waals surface area contributed by atoms with Gasteiger partial charge in [0.1, 0.15) is 28.7 Å². The summed E-state index contributed by atoms with van der Waals surface area (Å²) < 4.78 is 15.6. The van der Waals surface area contributed by atoms with Crippen molar-refractivity contribution < 1.29 is 33.7 Å². The van der Waals surface area contributed by atoms with Crippen molar-refractivity contribution in [3.8, 4) is 11.5 Å². The Balaban J connectivity index is 1.91. The number of carbonyl (C=O) groups is 3. The highest BCUT2D eigenvalue weighted by atomic mass is 32.1. The van der Waals surface area contributed by atoms with E-state index in [1.807, 2.05) is 0 Å². The van der Waals surface area contributed by atoms with Gasteiger partial charge in [0.25, 0.3) is 5.78 Å². The normalized spacial score (nSPS) is 16.5. The Morgan fingerprint density at radius 1 is 1.16 bits per heavy atom. The number of anilines is 1. The van der Waals surface area contributed by atoms with Crippen molar-refractivity contribution in [1.29, 1.82) is 0 Å². The summed E-state index contributed by atoms with van der Waals surface area (Å²) in [4.78, 5) is 44.7. The minimum absolute atomic E-state index is 0.121. The van der Waals surface area contributed by atoms with Crippen LogP contribution in [0.25, 0.3) is 5.76 Å². The number of nitrogens with zero attached hydrogens (tertiary/aromatic N) is 2. The molecule has 1 N–H and O–H groups in total. The molecule has 0 bridgehead atoms. The number of aryl methyl sites for hydroxylation is 1. The van der Waals surface area contributed by atoms with Crippen LogP contribution < -0.4 is 14.4 Å². The molecule has 1 saturated heterocycles. The quantitative estimate of drug-likeness (QED) is 0.152. The molecule has 0 aliphatic carbocycles. The summed E-state index contributed by atoms with van der Waals surface area (Å²) in [6, 6.07) is 12.2. The van der Waals surface area contributed by atoms with Gasteiger partial charge in [-0.2, -0.15) is 0 Å². The largest absolute Gasteiger partial charge is 0.507 e. The van der Waals surface area contributed by atoms with Gasteiger partial charge in [-0.25, -0.2) is 9.78 Å². The lowest BCUT2D eigenvalue weighted by atomic mass is 9.95. The van der Waals surface area contributed by atoms with Crippen LogP contribution in [0.2, 0.25) is 0 Å². The van der Waals surface area contributed by atoms with E-state index in [0.29, 0.717) is 28.3 Å². The highest BCUT2D eigenvalue weighted by molar-refractivity contribution is 7.17. The Hall–Kier alpha value is -4.44. The van der Waals surface area contributed by atoms with Gasteiger partial charge in [-0.3, -0.25) is 14.5 Å². The number of hydrogen-bond acceptors (Lipinski definition) is 9. The summed E-state index contributed by atoms with van der Waals surface area (Å²) in [6.45, 7) is 5.51. The summed E-state index contributed by atoms with van der Waals surface area (Å²) in [5.41, 5.74) is 1.06. The van der Waals surface area contributed by atoms with Crippen molar-refractivity contribution >= 4 is 39.9 Å². The monoisotopic (exact) mass is 520 g/mol. The van der Waals surface area contributed by atoms with E-state index in [2.05, 4.69) is 11.6 Å². The Bertz CT molecular complexity index is 1410. The van der Waals surface area contributed by atoms with Gasteiger partial charge in [0, 0.05) is 5.56 Å². The summed E-state index contributed by atoms with van der Waals surface area (Å²) in [5.74, 6) is -1.68. The lowest BCUT2D eigenvalue weighted by Gasteiger charge is -2.23. The minimum Gasteiger partial charge on any atom is -0.507 e. The average Bonchev–Trinajstić information content (AvgIpc) is 3.43. The van der Waals surface area contributed by atoms with Gasteiger partial charge in [0.15, 0.2) is 5.13 Å². The van der Waals surface area contributed by atoms with Gasteiger partial charge in [0.2, 0.25) is 0 Å². The maximum atomic E-state index is 13.4. The third-order valence-electron chi connectivity index (χ3n) is 5.71. The SMILES string of the molecule is C=CCOc1cccc(C2C(=C(O)c3ccc(OC)cc3)C(=O)C(=O)N2c2nc(C)c(C(=O)OC)s2)c1. The minimum atomic E-state index is -1.04. The first-order chi connectivity index (χ1) is 17.8. The van der Waals surface area contributed by atoms with E-state index in [4.69, 9.17) is 14.2 Å². The van der Waals surface area contributed by atoms with E-state index in [1.54, 1.807) is 61.5 Å². The van der Waals surface area contributed by atoms with Crippen LogP contribution in [0.15, 0.2) is 66.8 Å². The number of carbonyl (C=O) groups excluding carboxylic acids is 3. The Kier molecular flexibility index (Phi) is 7.40. The molecule has 1 aromatic heterocycles. The Labute approximate surface area is 217 Å². The molecule has 1 fully saturated rings. The van der Waals surface area contributed by atoms with Crippen LogP contribution in [0.3, 0.4) is 0 Å². The van der Waals surface area contributed by atoms with E-state index in [-0.39, 0.29) is 27.9 Å². The first-order valence-corrected chi connectivity index (χ1v) is 12.0. The number of Topliss-reactive ketones (excluding diaryl/α,β-unsaturated/α-hetero) is 1. The zero-order valence-electron chi connectivity index (χ0n) is 20.4. The molecule has 190 valence electrons. The molecule has 3 aromatic rings. The molecule has 10 heteroatoms. The van der Waals surface area contributed by atoms with Gasteiger partial charge in [-0.1, -0.05) is 36.1 Å². The summed E-state index contributed by atoms with van der Waals surface area (Å²) in [7, 11) is 2.76. The predicted molar refractivity (Wildman–Crippen MR) is 138 cm³/mol. The van der Waals surface area contributed by atoms with Gasteiger partial charge >= 0.3 is 11.9 Å². The highest BCUT2D eigenvalue weighted by Gasteiger charge is 2.48. The van der Waals surface area contributed by atoms with Crippen LogP contribution >= 0.6 is 11.3 Å². The number of ether oxygens (including phenoxy) is 3. The van der Waals surface area contributed by atoms with Crippen LogP contribution in [0, 0.1) is 6.92 Å². The van der Waals surface area contributed by atoms with Crippen LogP contribution in [0.1, 0.15) is 32.5 Å². The molecule has 1 atom stereocenters. The summed E-state index contributed by atoms with van der Waals surface area (Å²) >= 11 is 0.928. The number of methoxy groups -OCH3 is 2. The molecule has 1 unspecified atom stereocenters. The molecular formula is C27H24N2O7S. The van der Waals surface area contributed by atoms with Gasteiger partial charge in [-0.15, -0.1) is 0 Å². The van der Waals surface area contributed by atoms with Crippen molar-refractivity contribution in [3.05, 3.63) is 88.5 Å². The molecule has 2 heterocycles. The van der Waals surface area contributed by atoms with Crippen molar-refractivity contribution in [2.75, 3.05) is 25.7 Å². The second-order valence-corrected chi connectivity index (χ2v) is 8.95. The second kappa shape index (κ2) is 10.7. The molecule has 1 aliphatic heterocycles. The lowest BCUT2D eigenvalue weighted by molar-refractivity contribution is -0.132. The highest BCUT2D eigenvalue weighted by Crippen LogP contribution is 2.44. The third-order valence-corrected chi connectivity index (χ3v) is 6.85. The van der Waals surface area contributed by atoms with E-state index in [1.165, 1.54) is 19.1 Å². The first kappa shape index (κ1) is 25.6. The standard InChI is InChI=1S/C27H24N2O7S/c1-5-13-36-19-8-6-7-17(14-19)21-20(22(30)16-9-11-18(34-3)12-10-16)23(31)25(32)29(21)27-28-15(2)24(37-27)26(33)35-4/h5-12,14,21,30H,1,13H2,2-4H3. The maximum Gasteiger partial charge on any atom is 0.350 e. The number of aliphatic hydroxyl groups is 1. The lowest BCUT2D eigenvalue weighted by Crippen LogP contribution is -2.29. The average molecular weight is 521 g/mol. The number of aliphatic hydroxyl groups excluding tert-OH is 1. The molecule has 1 aliphatic rings. The maximum absolute atomic E-state index is 13.4. The predicted octanol–water partition coefficient (Wildman–Crippen LogP) is 4.44. The number of amides is 1. The van der Waals surface area contributed by atoms with Crippen molar-refractivity contribution in [1.82, 2.24) is 4.98 Å². The van der Waals surface area contributed by atoms with Gasteiger partial charge in [-0.05, 0) is 48.9 Å². The van der Waals surface area contributed by atoms with Crippen LogP contribution in [-0.4, -0.2) is 48.6 Å². The van der Waals surface area contributed by atoms with E-state index in [0.717, 1.165) is 11.3 Å². The number of esters is 1. The molecule has 0 radical (unpaired) electrons. The molecule has 0 saturated carbocycles. The fourth-order valence-electron chi connectivity index (χ4n) is 3.95. The number of thiazole rings is 1. The smallest absolute Gasteiger partial charge is 0.350 e. The van der Waals surface area contributed by atoms with E-state index < -0.39 is 23.7 Å². The molecule has 9 nitrogen and oxygen atoms in total. The zero-order valence-corrected chi connectivity index (χ0v) is 21.2. The molecule has 1 amide bonds. The number of ketones is 1. The zero-order chi connectivity index (χ0) is 26.7. The van der Waals surface area contributed by atoms with Crippen molar-refractivity contribution in [2.24, 2.45) is 0 Å². The third kappa shape index (κ3) is 4.83. The number of benzene rings is 2. The number of aromatic nitrogens is 1. The van der Waals surface area contributed by atoms with Crippen molar-refractivity contribution in [3.63, 3.8) is 0 Å². The number of rotatable bonds is 8. The Morgan fingerprint density at radius 3 is 2.54 bits per heavy atom. The van der Waals surface area contributed by atoms with Crippen LogP contribution in [0.4, 0.5) is 5.13 Å². The van der Waals surface area contributed by atoms with E-state index in [9.17, 15) is 19.5 Å².